The van der Waals surface area contributed by atoms with Crippen LogP contribution in [-0.2, 0) is 47.5 Å². The number of nitrogen functional groups attached to an aromatic ring is 1. The molecule has 2 aliphatic heterocycles. The molecule has 8 atom stereocenters. The number of ether oxygens (including phenoxy) is 3. The molecule has 0 radical (unpaired) electrons. The van der Waals surface area contributed by atoms with Gasteiger partial charge in [-0.2, -0.15) is 8.62 Å². The first kappa shape index (κ1) is 34.1. The normalized spacial score (nSPS) is 29.2. The summed E-state index contributed by atoms with van der Waals surface area (Å²) in [5.74, 6) is 0.534. The highest BCUT2D eigenvalue weighted by Crippen LogP contribution is 2.71. The third-order valence-electron chi connectivity index (χ3n) is 7.82. The van der Waals surface area contributed by atoms with Gasteiger partial charge in [0.25, 0.3) is 0 Å². The second kappa shape index (κ2) is 14.0. The van der Waals surface area contributed by atoms with Gasteiger partial charge in [0.05, 0.1) is 12.9 Å². The van der Waals surface area contributed by atoms with Crippen molar-refractivity contribution in [3.8, 4) is 0 Å². The van der Waals surface area contributed by atoms with Crippen molar-refractivity contribution in [2.45, 2.75) is 69.4 Å². The molecule has 252 valence electrons. The number of rotatable bonds is 13. The van der Waals surface area contributed by atoms with Gasteiger partial charge in [0.1, 0.15) is 30.2 Å². The first-order valence-electron chi connectivity index (χ1n) is 14.5. The second-order valence-electron chi connectivity index (χ2n) is 11.1. The molecule has 0 amide bonds. The number of nitrogens with two attached hydrogens (primary N) is 1. The molecule has 3 fully saturated rings. The Labute approximate surface area is 267 Å². The molecule has 3 aromatic rings. The van der Waals surface area contributed by atoms with Gasteiger partial charge < -0.3 is 34.6 Å². The highest BCUT2D eigenvalue weighted by Gasteiger charge is 2.54. The maximum atomic E-state index is 12.7. The van der Waals surface area contributed by atoms with Crippen LogP contribution in [0.2, 0.25) is 0 Å². The molecule has 1 aromatic carbocycles. The Morgan fingerprint density at radius 2 is 1.67 bits per heavy atom. The van der Waals surface area contributed by atoms with E-state index >= 15 is 0 Å². The van der Waals surface area contributed by atoms with Gasteiger partial charge in [-0.15, -0.1) is 0 Å². The molecular weight excluding hydrogens is 687 g/mol. The maximum absolute atomic E-state index is 12.7. The zero-order chi connectivity index (χ0) is 32.5. The Morgan fingerprint density at radius 3 is 2.43 bits per heavy atom. The number of phosphoric acid groups is 2. The van der Waals surface area contributed by atoms with E-state index in [1.807, 2.05) is 30.3 Å². The fourth-order valence-corrected chi connectivity index (χ4v) is 12.1. The molecule has 21 heteroatoms. The van der Waals surface area contributed by atoms with Crippen molar-refractivity contribution in [3.63, 3.8) is 0 Å². The number of nitrogens with zero attached hydrogens (tertiary/aromatic N) is 4. The van der Waals surface area contributed by atoms with Crippen molar-refractivity contribution in [1.82, 2.24) is 19.5 Å². The van der Waals surface area contributed by atoms with Gasteiger partial charge in [0.15, 0.2) is 24.0 Å². The molecule has 0 bridgehead atoms. The molecular formula is C25H34N5O12P3S. The lowest BCUT2D eigenvalue weighted by molar-refractivity contribution is -0.149. The molecule has 4 heterocycles. The monoisotopic (exact) mass is 721 g/mol. The van der Waals surface area contributed by atoms with Crippen LogP contribution in [0.4, 0.5) is 5.82 Å². The highest BCUT2D eigenvalue weighted by atomic mass is 32.7. The maximum Gasteiger partial charge on any atom is 0.488 e. The fraction of sp³-hybridized carbons (Fsp3) is 0.560. The van der Waals surface area contributed by atoms with Gasteiger partial charge in [-0.05, 0) is 35.7 Å². The predicted molar refractivity (Wildman–Crippen MR) is 164 cm³/mol. The molecule has 5 unspecified atom stereocenters. The van der Waals surface area contributed by atoms with Gasteiger partial charge in [-0.1, -0.05) is 49.6 Å². The van der Waals surface area contributed by atoms with Crippen LogP contribution >= 0.6 is 33.8 Å². The van der Waals surface area contributed by atoms with Crippen molar-refractivity contribution in [3.05, 3.63) is 48.5 Å². The highest BCUT2D eigenvalue weighted by molar-refractivity contribution is 8.55. The minimum absolute atomic E-state index is 0.151. The van der Waals surface area contributed by atoms with E-state index in [1.165, 1.54) is 12.7 Å². The third kappa shape index (κ3) is 8.27. The van der Waals surface area contributed by atoms with E-state index in [4.69, 9.17) is 24.5 Å². The van der Waals surface area contributed by atoms with Crippen molar-refractivity contribution in [2.24, 2.45) is 5.92 Å². The van der Waals surface area contributed by atoms with Crippen molar-refractivity contribution >= 4 is 50.8 Å². The van der Waals surface area contributed by atoms with E-state index in [-0.39, 0.29) is 17.5 Å². The van der Waals surface area contributed by atoms with Gasteiger partial charge in [-0.3, -0.25) is 9.09 Å². The third-order valence-corrected chi connectivity index (χ3v) is 14.6. The fourth-order valence-electron chi connectivity index (χ4n) is 5.76. The minimum atomic E-state index is -5.53. The van der Waals surface area contributed by atoms with E-state index in [9.17, 15) is 28.4 Å². The first-order chi connectivity index (χ1) is 21.9. The van der Waals surface area contributed by atoms with Gasteiger partial charge in [0.2, 0.25) is 0 Å². The number of aromatic nitrogens is 4. The van der Waals surface area contributed by atoms with E-state index in [0.717, 1.165) is 37.7 Å². The van der Waals surface area contributed by atoms with Crippen molar-refractivity contribution < 1.29 is 55.7 Å². The Bertz CT molecular complexity index is 1660. The lowest BCUT2D eigenvalue weighted by atomic mass is 9.91. The summed E-state index contributed by atoms with van der Waals surface area (Å²) in [4.78, 5) is 42.9. The standard InChI is InChI=1S/C25H34N5O12P3S/c26-23-20-24(28-14-27-23)30(15-29-20)25-22-21(39-19(40-22)11-16-7-3-1-4-8-16)18(38-25)12-37-43(31,32)41-44(33,34)42-45(35,36)46-13-17-9-5-2-6-10-17/h1,3-4,7-8,14-15,17-19,21-22,25H,2,5-6,9-13H2,(H,31,32)(H,33,34)(H,35,36)(H2,26,27,28)/t18-,19?,21?,22+,25-/m1/s1. The van der Waals surface area contributed by atoms with E-state index in [2.05, 4.69) is 23.6 Å². The number of fused-ring (bicyclic) bond motifs is 2. The van der Waals surface area contributed by atoms with Crippen LogP contribution in [-0.4, -0.2) is 71.2 Å². The van der Waals surface area contributed by atoms with Crippen LogP contribution in [0, 0.1) is 5.92 Å². The van der Waals surface area contributed by atoms with Crippen LogP contribution in [0.15, 0.2) is 43.0 Å². The van der Waals surface area contributed by atoms with Crippen LogP contribution < -0.4 is 5.73 Å². The molecule has 5 N–H and O–H groups in total. The molecule has 2 aromatic heterocycles. The summed E-state index contributed by atoms with van der Waals surface area (Å²) in [6.07, 6.45) is 3.65. The van der Waals surface area contributed by atoms with Crippen molar-refractivity contribution in [1.29, 1.82) is 0 Å². The van der Waals surface area contributed by atoms with E-state index in [0.29, 0.717) is 29.0 Å². The largest absolute Gasteiger partial charge is 0.488 e. The second-order valence-corrected chi connectivity index (χ2v) is 18.3. The molecule has 3 aliphatic rings. The Balaban J connectivity index is 1.12. The molecule has 0 spiro atoms. The van der Waals surface area contributed by atoms with Crippen molar-refractivity contribution in [2.75, 3.05) is 18.1 Å². The summed E-state index contributed by atoms with van der Waals surface area (Å²) < 4.78 is 71.6. The number of benzene rings is 1. The molecule has 1 saturated carbocycles. The summed E-state index contributed by atoms with van der Waals surface area (Å²) in [7, 11) is -10.9. The summed E-state index contributed by atoms with van der Waals surface area (Å²) in [6, 6.07) is 9.45. The quantitative estimate of drug-likeness (QED) is 0.180. The number of anilines is 1. The zero-order valence-corrected chi connectivity index (χ0v) is 27.8. The Kier molecular flexibility index (Phi) is 10.4. The summed E-state index contributed by atoms with van der Waals surface area (Å²) in [5.41, 5.74) is 7.55. The lowest BCUT2D eigenvalue weighted by Crippen LogP contribution is -2.31. The summed E-state index contributed by atoms with van der Waals surface area (Å²) >= 11 is 0.473. The van der Waals surface area contributed by atoms with Gasteiger partial charge in [0, 0.05) is 12.2 Å². The topological polar surface area (TPSA) is 237 Å². The van der Waals surface area contributed by atoms with Crippen LogP contribution in [0.25, 0.3) is 11.2 Å². The SMILES string of the molecule is Nc1ncnc2c1ncn2[C@@H]1O[C@H](COP(=O)(O)OP(=O)(O)OP(=O)(O)SCC2CCCCC2)C2OC(Cc3ccccc3)O[C@@H]21. The predicted octanol–water partition coefficient (Wildman–Crippen LogP) is 4.32. The summed E-state index contributed by atoms with van der Waals surface area (Å²) in [6.45, 7) is -5.38. The number of imidazole rings is 1. The zero-order valence-electron chi connectivity index (χ0n) is 24.3. The summed E-state index contributed by atoms with van der Waals surface area (Å²) in [5, 5.41) is 0. The first-order valence-corrected chi connectivity index (χ1v) is 20.7. The average molecular weight is 722 g/mol. The number of hydrogen-bond donors (Lipinski definition) is 4. The average Bonchev–Trinajstić information content (AvgIpc) is 3.69. The minimum Gasteiger partial charge on any atom is -0.382 e. The van der Waals surface area contributed by atoms with Crippen LogP contribution in [0.5, 0.6) is 0 Å². The Hall–Kier alpha value is -1.75. The molecule has 46 heavy (non-hydrogen) atoms. The lowest BCUT2D eigenvalue weighted by Gasteiger charge is -2.23. The van der Waals surface area contributed by atoms with Gasteiger partial charge in [-0.25, -0.2) is 28.6 Å². The Morgan fingerprint density at radius 1 is 0.935 bits per heavy atom. The molecule has 1 aliphatic carbocycles. The van der Waals surface area contributed by atoms with E-state index in [1.54, 1.807) is 4.57 Å². The van der Waals surface area contributed by atoms with Gasteiger partial charge >= 0.3 is 22.4 Å². The van der Waals surface area contributed by atoms with Crippen LogP contribution in [0.3, 0.4) is 0 Å². The van der Waals surface area contributed by atoms with Crippen LogP contribution in [0.1, 0.15) is 43.9 Å². The molecule has 17 nitrogen and oxygen atoms in total. The smallest absolute Gasteiger partial charge is 0.382 e. The molecule has 6 rings (SSSR count). The number of hydrogen-bond acceptors (Lipinski definition) is 14. The van der Waals surface area contributed by atoms with E-state index < -0.39 is 59.9 Å². The number of phosphoric ester groups is 1. The molecule has 2 saturated heterocycles.